The number of carbonyl (C=O) groups excluding carboxylic acids is 1. The number of aromatic nitrogens is 1. The Morgan fingerprint density at radius 2 is 1.86 bits per heavy atom. The van der Waals surface area contributed by atoms with Crippen molar-refractivity contribution < 1.29 is 14.7 Å². The number of anilines is 1. The molecular weight excluding hydrogens is 300 g/mol. The van der Waals surface area contributed by atoms with Gasteiger partial charge in [0.05, 0.1) is 17.5 Å². The summed E-state index contributed by atoms with van der Waals surface area (Å²) in [5.74, 6) is -1.41. The zero-order chi connectivity index (χ0) is 15.3. The van der Waals surface area contributed by atoms with Gasteiger partial charge in [-0.1, -0.05) is 0 Å². The number of nitrogens with zero attached hydrogens (tertiary/aromatic N) is 1. The lowest BCUT2D eigenvalue weighted by atomic mass is 9.79. The van der Waals surface area contributed by atoms with Gasteiger partial charge in [0.15, 0.2) is 5.13 Å². The highest BCUT2D eigenvalue weighted by Crippen LogP contribution is 2.52. The normalized spacial score (nSPS) is 32.7. The number of nitrogens with one attached hydrogen (secondary N) is 1. The maximum atomic E-state index is 12.6. The molecule has 1 amide bonds. The van der Waals surface area contributed by atoms with Gasteiger partial charge in [0.25, 0.3) is 0 Å². The zero-order valence-electron chi connectivity index (χ0n) is 12.4. The molecule has 3 aliphatic rings. The molecule has 0 spiro atoms. The van der Waals surface area contributed by atoms with Crippen molar-refractivity contribution in [2.75, 3.05) is 5.32 Å². The van der Waals surface area contributed by atoms with E-state index >= 15 is 0 Å². The number of fused-ring (bicyclic) bond motifs is 3. The number of amides is 1. The lowest BCUT2D eigenvalue weighted by molar-refractivity contribution is -0.148. The molecule has 3 aliphatic carbocycles. The van der Waals surface area contributed by atoms with Crippen LogP contribution in [0.5, 0.6) is 0 Å². The highest BCUT2D eigenvalue weighted by atomic mass is 32.1. The smallest absolute Gasteiger partial charge is 0.307 e. The Balaban J connectivity index is 1.52. The molecule has 6 heteroatoms. The second kappa shape index (κ2) is 5.33. The molecule has 22 heavy (non-hydrogen) atoms. The number of hydrogen-bond acceptors (Lipinski definition) is 4. The van der Waals surface area contributed by atoms with Crippen molar-refractivity contribution in [3.8, 4) is 0 Å². The first-order valence-corrected chi connectivity index (χ1v) is 8.97. The number of carboxylic acid groups (broad SMARTS) is 1. The summed E-state index contributed by atoms with van der Waals surface area (Å²) >= 11 is 1.56. The predicted molar refractivity (Wildman–Crippen MR) is 82.8 cm³/mol. The zero-order valence-corrected chi connectivity index (χ0v) is 13.2. The van der Waals surface area contributed by atoms with Gasteiger partial charge < -0.3 is 10.4 Å². The average molecular weight is 320 g/mol. The van der Waals surface area contributed by atoms with Crippen LogP contribution in [0.2, 0.25) is 0 Å². The van der Waals surface area contributed by atoms with Gasteiger partial charge in [-0.15, -0.1) is 11.3 Å². The van der Waals surface area contributed by atoms with E-state index in [0.29, 0.717) is 5.13 Å². The molecule has 5 nitrogen and oxygen atoms in total. The van der Waals surface area contributed by atoms with Crippen molar-refractivity contribution in [3.05, 3.63) is 10.6 Å². The van der Waals surface area contributed by atoms with E-state index in [1.807, 2.05) is 0 Å². The highest BCUT2D eigenvalue weighted by molar-refractivity contribution is 7.15. The Hall–Kier alpha value is -1.43. The number of hydrogen-bond donors (Lipinski definition) is 2. The molecule has 4 unspecified atom stereocenters. The third-order valence-corrected chi connectivity index (χ3v) is 6.65. The monoisotopic (exact) mass is 320 g/mol. The quantitative estimate of drug-likeness (QED) is 0.897. The van der Waals surface area contributed by atoms with Crippen molar-refractivity contribution in [2.24, 2.45) is 23.7 Å². The second-order valence-corrected chi connectivity index (χ2v) is 7.89. The van der Waals surface area contributed by atoms with Gasteiger partial charge in [0.2, 0.25) is 5.91 Å². The van der Waals surface area contributed by atoms with Crippen LogP contribution in [0.4, 0.5) is 5.13 Å². The van der Waals surface area contributed by atoms with Crippen molar-refractivity contribution in [3.63, 3.8) is 0 Å². The van der Waals surface area contributed by atoms with E-state index in [1.165, 1.54) is 11.3 Å². The number of carbonyl (C=O) groups is 2. The molecule has 0 aromatic carbocycles. The number of rotatable bonds is 3. The topological polar surface area (TPSA) is 79.3 Å². The molecule has 118 valence electrons. The molecule has 1 heterocycles. The number of thiazole rings is 1. The van der Waals surface area contributed by atoms with Crippen molar-refractivity contribution in [1.82, 2.24) is 4.98 Å². The van der Waals surface area contributed by atoms with Gasteiger partial charge in [-0.3, -0.25) is 9.59 Å². The van der Waals surface area contributed by atoms with E-state index in [2.05, 4.69) is 10.3 Å². The summed E-state index contributed by atoms with van der Waals surface area (Å²) in [6.45, 7) is 0. The van der Waals surface area contributed by atoms with Crippen LogP contribution in [0, 0.1) is 23.7 Å². The standard InChI is InChI=1S/C16H20N2O3S/c19-14(12-8-5-6-9(7-8)13(12)15(20)21)18-16-17-10-3-1-2-4-11(10)22-16/h8-9,12-13H,1-7H2,(H,20,21)(H,17,18,19). The number of carboxylic acids is 1. The van der Waals surface area contributed by atoms with Gasteiger partial charge in [-0.05, 0) is 56.8 Å². The first kappa shape index (κ1) is 14.2. The molecular formula is C16H20N2O3S. The highest BCUT2D eigenvalue weighted by Gasteiger charge is 2.54. The van der Waals surface area contributed by atoms with Gasteiger partial charge >= 0.3 is 5.97 Å². The van der Waals surface area contributed by atoms with E-state index < -0.39 is 11.9 Å². The van der Waals surface area contributed by atoms with Crippen LogP contribution in [-0.2, 0) is 22.4 Å². The fraction of sp³-hybridized carbons (Fsp3) is 0.688. The van der Waals surface area contributed by atoms with Crippen molar-refractivity contribution in [2.45, 2.75) is 44.9 Å². The lowest BCUT2D eigenvalue weighted by Crippen LogP contribution is -2.37. The van der Waals surface area contributed by atoms with Crippen LogP contribution in [-0.4, -0.2) is 22.0 Å². The van der Waals surface area contributed by atoms with Crippen molar-refractivity contribution >= 4 is 28.3 Å². The summed E-state index contributed by atoms with van der Waals surface area (Å²) in [7, 11) is 0. The van der Waals surface area contributed by atoms with Crippen LogP contribution < -0.4 is 5.32 Å². The lowest BCUT2D eigenvalue weighted by Gasteiger charge is -2.26. The molecule has 2 saturated carbocycles. The summed E-state index contributed by atoms with van der Waals surface area (Å²) in [4.78, 5) is 30.0. The SMILES string of the molecule is O=C(O)C1C2CCC(C2)C1C(=O)Nc1nc2c(s1)CCCC2. The predicted octanol–water partition coefficient (Wildman–Crippen LogP) is 2.71. The molecule has 4 atom stereocenters. The van der Waals surface area contributed by atoms with E-state index in [1.54, 1.807) is 11.3 Å². The van der Waals surface area contributed by atoms with E-state index in [4.69, 9.17) is 0 Å². The summed E-state index contributed by atoms with van der Waals surface area (Å²) in [5.41, 5.74) is 1.12. The van der Waals surface area contributed by atoms with Crippen LogP contribution in [0.3, 0.4) is 0 Å². The minimum atomic E-state index is -0.814. The first-order chi connectivity index (χ1) is 10.6. The Kier molecular flexibility index (Phi) is 3.44. The molecule has 2 bridgehead atoms. The third kappa shape index (κ3) is 2.24. The Morgan fingerprint density at radius 1 is 1.14 bits per heavy atom. The van der Waals surface area contributed by atoms with Crippen LogP contribution >= 0.6 is 11.3 Å². The first-order valence-electron chi connectivity index (χ1n) is 8.15. The minimum Gasteiger partial charge on any atom is -0.481 e. The molecule has 1 aromatic rings. The van der Waals surface area contributed by atoms with Crippen LogP contribution in [0.25, 0.3) is 0 Å². The number of aliphatic carboxylic acids is 1. The molecule has 2 N–H and O–H groups in total. The summed E-state index contributed by atoms with van der Waals surface area (Å²) in [5, 5.41) is 13.0. The Labute approximate surface area is 133 Å². The van der Waals surface area contributed by atoms with E-state index in [-0.39, 0.29) is 23.7 Å². The van der Waals surface area contributed by atoms with Crippen molar-refractivity contribution in [1.29, 1.82) is 0 Å². The maximum Gasteiger partial charge on any atom is 0.307 e. The van der Waals surface area contributed by atoms with Crippen LogP contribution in [0.1, 0.15) is 42.7 Å². The molecule has 0 aliphatic heterocycles. The van der Waals surface area contributed by atoms with Gasteiger partial charge in [0.1, 0.15) is 0 Å². The largest absolute Gasteiger partial charge is 0.481 e. The summed E-state index contributed by atoms with van der Waals surface area (Å²) in [6, 6.07) is 0. The molecule has 0 radical (unpaired) electrons. The van der Waals surface area contributed by atoms with Crippen LogP contribution in [0.15, 0.2) is 0 Å². The van der Waals surface area contributed by atoms with E-state index in [9.17, 15) is 14.7 Å². The average Bonchev–Trinajstić information content (AvgIpc) is 3.19. The van der Waals surface area contributed by atoms with Gasteiger partial charge in [-0.2, -0.15) is 0 Å². The fourth-order valence-corrected chi connectivity index (χ4v) is 5.67. The fourth-order valence-electron chi connectivity index (χ4n) is 4.62. The minimum absolute atomic E-state index is 0.134. The third-order valence-electron chi connectivity index (χ3n) is 5.58. The van der Waals surface area contributed by atoms with E-state index in [0.717, 1.165) is 44.2 Å². The molecule has 1 aromatic heterocycles. The Bertz CT molecular complexity index is 603. The molecule has 2 fully saturated rings. The molecule has 4 rings (SSSR count). The second-order valence-electron chi connectivity index (χ2n) is 6.81. The Morgan fingerprint density at radius 3 is 2.59 bits per heavy atom. The number of aryl methyl sites for hydroxylation is 2. The van der Waals surface area contributed by atoms with Gasteiger partial charge in [0, 0.05) is 4.88 Å². The summed E-state index contributed by atoms with van der Waals surface area (Å²) in [6.07, 6.45) is 7.23. The maximum absolute atomic E-state index is 12.6. The molecule has 0 saturated heterocycles. The summed E-state index contributed by atoms with van der Waals surface area (Å²) < 4.78 is 0. The van der Waals surface area contributed by atoms with Gasteiger partial charge in [-0.25, -0.2) is 4.98 Å².